The molecule has 0 aromatic rings. The van der Waals surface area contributed by atoms with Crippen LogP contribution in [0.4, 0.5) is 0 Å². The van der Waals surface area contributed by atoms with E-state index >= 15 is 0 Å². The zero-order valence-electron chi connectivity index (χ0n) is 11.2. The van der Waals surface area contributed by atoms with Crippen molar-refractivity contribution in [3.8, 4) is 0 Å². The van der Waals surface area contributed by atoms with Gasteiger partial charge in [-0.3, -0.25) is 4.90 Å². The van der Waals surface area contributed by atoms with Gasteiger partial charge in [0, 0.05) is 31.3 Å². The lowest BCUT2D eigenvalue weighted by molar-refractivity contribution is -0.116. The van der Waals surface area contributed by atoms with Gasteiger partial charge in [-0.2, -0.15) is 0 Å². The summed E-state index contributed by atoms with van der Waals surface area (Å²) >= 11 is 0. The number of hydrogen-bond donors (Lipinski definition) is 1. The molecule has 0 aliphatic carbocycles. The van der Waals surface area contributed by atoms with Crippen molar-refractivity contribution < 1.29 is 9.47 Å². The SMILES string of the molecule is CCC1COCCN1C1(CN)CCOC(C)C1. The minimum Gasteiger partial charge on any atom is -0.378 e. The molecule has 2 aliphatic rings. The average molecular weight is 242 g/mol. The lowest BCUT2D eigenvalue weighted by Gasteiger charge is -2.52. The molecule has 2 aliphatic heterocycles. The van der Waals surface area contributed by atoms with Gasteiger partial charge in [0.25, 0.3) is 0 Å². The highest BCUT2D eigenvalue weighted by Crippen LogP contribution is 2.33. The van der Waals surface area contributed by atoms with E-state index in [1.54, 1.807) is 0 Å². The summed E-state index contributed by atoms with van der Waals surface area (Å²) in [5.74, 6) is 0. The molecule has 0 aromatic carbocycles. The van der Waals surface area contributed by atoms with Crippen LogP contribution in [-0.4, -0.2) is 55.5 Å². The lowest BCUT2D eigenvalue weighted by atomic mass is 9.83. The zero-order valence-corrected chi connectivity index (χ0v) is 11.2. The summed E-state index contributed by atoms with van der Waals surface area (Å²) in [7, 11) is 0. The van der Waals surface area contributed by atoms with E-state index in [4.69, 9.17) is 15.2 Å². The number of rotatable bonds is 3. The van der Waals surface area contributed by atoms with Crippen LogP contribution in [0.5, 0.6) is 0 Å². The maximum Gasteiger partial charge on any atom is 0.0622 e. The number of nitrogens with two attached hydrogens (primary N) is 1. The fourth-order valence-electron chi connectivity index (χ4n) is 3.33. The first-order chi connectivity index (χ1) is 8.22. The molecular formula is C13H26N2O2. The maximum atomic E-state index is 6.11. The first-order valence-electron chi connectivity index (χ1n) is 6.88. The second-order valence-electron chi connectivity index (χ2n) is 5.39. The molecular weight excluding hydrogens is 216 g/mol. The first-order valence-corrected chi connectivity index (χ1v) is 6.88. The van der Waals surface area contributed by atoms with Gasteiger partial charge in [-0.15, -0.1) is 0 Å². The van der Waals surface area contributed by atoms with E-state index < -0.39 is 0 Å². The van der Waals surface area contributed by atoms with Crippen LogP contribution in [0.1, 0.15) is 33.1 Å². The third-order valence-corrected chi connectivity index (χ3v) is 4.33. The monoisotopic (exact) mass is 242 g/mol. The highest BCUT2D eigenvalue weighted by Gasteiger charge is 2.43. The van der Waals surface area contributed by atoms with E-state index in [2.05, 4.69) is 18.7 Å². The van der Waals surface area contributed by atoms with Crippen LogP contribution in [0.2, 0.25) is 0 Å². The van der Waals surface area contributed by atoms with Crippen molar-refractivity contribution in [1.29, 1.82) is 0 Å². The Hall–Kier alpha value is -0.160. The molecule has 3 atom stereocenters. The average Bonchev–Trinajstić information content (AvgIpc) is 2.38. The second-order valence-corrected chi connectivity index (χ2v) is 5.39. The quantitative estimate of drug-likeness (QED) is 0.802. The summed E-state index contributed by atoms with van der Waals surface area (Å²) in [5, 5.41) is 0. The number of hydrogen-bond acceptors (Lipinski definition) is 4. The lowest BCUT2D eigenvalue weighted by Crippen LogP contribution is -2.64. The largest absolute Gasteiger partial charge is 0.378 e. The highest BCUT2D eigenvalue weighted by atomic mass is 16.5. The molecule has 100 valence electrons. The van der Waals surface area contributed by atoms with Crippen LogP contribution < -0.4 is 5.73 Å². The predicted octanol–water partition coefficient (Wildman–Crippen LogP) is 0.994. The van der Waals surface area contributed by atoms with Crippen molar-refractivity contribution in [3.05, 3.63) is 0 Å². The Balaban J connectivity index is 2.14. The summed E-state index contributed by atoms with van der Waals surface area (Å²) in [6.45, 7) is 8.68. The van der Waals surface area contributed by atoms with Gasteiger partial charge in [0.2, 0.25) is 0 Å². The third kappa shape index (κ3) is 2.65. The van der Waals surface area contributed by atoms with Crippen molar-refractivity contribution in [2.24, 2.45) is 5.73 Å². The molecule has 0 saturated carbocycles. The molecule has 0 spiro atoms. The number of ether oxygens (including phenoxy) is 2. The Kier molecular flexibility index (Phi) is 4.42. The molecule has 2 rings (SSSR count). The molecule has 4 nitrogen and oxygen atoms in total. The van der Waals surface area contributed by atoms with Gasteiger partial charge in [0.05, 0.1) is 19.3 Å². The highest BCUT2D eigenvalue weighted by molar-refractivity contribution is 4.98. The Labute approximate surface area is 104 Å². The van der Waals surface area contributed by atoms with E-state index in [0.717, 1.165) is 52.2 Å². The molecule has 2 saturated heterocycles. The third-order valence-electron chi connectivity index (χ3n) is 4.33. The first kappa shape index (κ1) is 13.3. The van der Waals surface area contributed by atoms with Gasteiger partial charge in [0.1, 0.15) is 0 Å². The summed E-state index contributed by atoms with van der Waals surface area (Å²) in [6.07, 6.45) is 3.58. The Morgan fingerprint density at radius 3 is 2.88 bits per heavy atom. The molecule has 2 fully saturated rings. The van der Waals surface area contributed by atoms with Gasteiger partial charge in [0.15, 0.2) is 0 Å². The van der Waals surface area contributed by atoms with Crippen molar-refractivity contribution in [1.82, 2.24) is 4.90 Å². The van der Waals surface area contributed by atoms with Crippen molar-refractivity contribution in [2.75, 3.05) is 32.9 Å². The van der Waals surface area contributed by atoms with E-state index in [-0.39, 0.29) is 5.54 Å². The molecule has 3 unspecified atom stereocenters. The van der Waals surface area contributed by atoms with Gasteiger partial charge < -0.3 is 15.2 Å². The Morgan fingerprint density at radius 1 is 1.41 bits per heavy atom. The van der Waals surface area contributed by atoms with Crippen LogP contribution in [0.3, 0.4) is 0 Å². The molecule has 0 aromatic heterocycles. The normalized spacial score (nSPS) is 40.4. The number of morpholine rings is 1. The van der Waals surface area contributed by atoms with Crippen LogP contribution >= 0.6 is 0 Å². The standard InChI is InChI=1S/C13H26N2O2/c1-3-12-9-16-7-5-15(12)13(10-14)4-6-17-11(2)8-13/h11-12H,3-10,14H2,1-2H3. The van der Waals surface area contributed by atoms with Crippen LogP contribution in [-0.2, 0) is 9.47 Å². The fraction of sp³-hybridized carbons (Fsp3) is 1.00. The topological polar surface area (TPSA) is 47.7 Å². The molecule has 0 amide bonds. The van der Waals surface area contributed by atoms with E-state index in [1.807, 2.05) is 0 Å². The van der Waals surface area contributed by atoms with Crippen molar-refractivity contribution in [2.45, 2.75) is 50.8 Å². The van der Waals surface area contributed by atoms with E-state index in [0.29, 0.717) is 12.1 Å². The Morgan fingerprint density at radius 2 is 2.24 bits per heavy atom. The van der Waals surface area contributed by atoms with Crippen LogP contribution in [0.25, 0.3) is 0 Å². The second kappa shape index (κ2) is 5.65. The van der Waals surface area contributed by atoms with Crippen LogP contribution in [0, 0.1) is 0 Å². The van der Waals surface area contributed by atoms with Gasteiger partial charge in [-0.05, 0) is 26.2 Å². The summed E-state index contributed by atoms with van der Waals surface area (Å²) in [6, 6.07) is 0.526. The summed E-state index contributed by atoms with van der Waals surface area (Å²) in [4.78, 5) is 2.61. The molecule has 17 heavy (non-hydrogen) atoms. The molecule has 2 heterocycles. The minimum atomic E-state index is 0.141. The molecule has 2 N–H and O–H groups in total. The summed E-state index contributed by atoms with van der Waals surface area (Å²) in [5.41, 5.74) is 6.25. The Bertz CT molecular complexity index is 250. The molecule has 0 bridgehead atoms. The van der Waals surface area contributed by atoms with Gasteiger partial charge in [-0.1, -0.05) is 6.92 Å². The smallest absolute Gasteiger partial charge is 0.0622 e. The van der Waals surface area contributed by atoms with Crippen LogP contribution in [0.15, 0.2) is 0 Å². The maximum absolute atomic E-state index is 6.11. The van der Waals surface area contributed by atoms with Gasteiger partial charge >= 0.3 is 0 Å². The predicted molar refractivity (Wildman–Crippen MR) is 68.0 cm³/mol. The molecule has 0 radical (unpaired) electrons. The van der Waals surface area contributed by atoms with E-state index in [9.17, 15) is 0 Å². The van der Waals surface area contributed by atoms with Crippen molar-refractivity contribution >= 4 is 0 Å². The van der Waals surface area contributed by atoms with E-state index in [1.165, 1.54) is 0 Å². The zero-order chi connectivity index (χ0) is 12.3. The van der Waals surface area contributed by atoms with Crippen molar-refractivity contribution in [3.63, 3.8) is 0 Å². The molecule has 4 heteroatoms. The summed E-state index contributed by atoms with van der Waals surface area (Å²) < 4.78 is 11.3. The minimum absolute atomic E-state index is 0.141. The fourth-order valence-corrected chi connectivity index (χ4v) is 3.33. The number of nitrogens with zero attached hydrogens (tertiary/aromatic N) is 1. The van der Waals surface area contributed by atoms with Gasteiger partial charge in [-0.25, -0.2) is 0 Å².